The Balaban J connectivity index is 1.69. The first-order chi connectivity index (χ1) is 8.81. The molecule has 0 unspecified atom stereocenters. The number of aryl methyl sites for hydroxylation is 1. The number of hydrogen-bond donors (Lipinski definition) is 1. The van der Waals surface area contributed by atoms with Gasteiger partial charge >= 0.3 is 0 Å². The molecule has 0 amide bonds. The highest BCUT2D eigenvalue weighted by Gasteiger charge is 2.22. The maximum absolute atomic E-state index is 6.11. The van der Waals surface area contributed by atoms with Crippen molar-refractivity contribution in [2.75, 3.05) is 0 Å². The Hall–Kier alpha value is -1.09. The number of pyridine rings is 1. The molecule has 1 N–H and O–H groups in total. The van der Waals surface area contributed by atoms with Gasteiger partial charge < -0.3 is 10.1 Å². The topological polar surface area (TPSA) is 34.1 Å². The summed E-state index contributed by atoms with van der Waals surface area (Å²) < 4.78 is 6.11. The van der Waals surface area contributed by atoms with Gasteiger partial charge in [0.1, 0.15) is 5.75 Å². The fourth-order valence-electron chi connectivity index (χ4n) is 2.55. The van der Waals surface area contributed by atoms with Gasteiger partial charge in [-0.05, 0) is 57.6 Å². The molecule has 2 saturated carbocycles. The van der Waals surface area contributed by atoms with E-state index in [1.807, 2.05) is 13.0 Å². The van der Waals surface area contributed by atoms with Crippen molar-refractivity contribution in [2.45, 2.75) is 64.1 Å². The smallest absolute Gasteiger partial charge is 0.142 e. The molecule has 2 fully saturated rings. The van der Waals surface area contributed by atoms with Crippen molar-refractivity contribution in [1.82, 2.24) is 10.3 Å². The van der Waals surface area contributed by atoms with Gasteiger partial charge in [0.05, 0.1) is 11.8 Å². The minimum absolute atomic E-state index is 0.411. The first-order valence-corrected chi connectivity index (χ1v) is 7.18. The van der Waals surface area contributed by atoms with E-state index in [1.165, 1.54) is 38.5 Å². The van der Waals surface area contributed by atoms with Gasteiger partial charge in [-0.1, -0.05) is 0 Å². The van der Waals surface area contributed by atoms with E-state index in [4.69, 9.17) is 4.74 Å². The minimum Gasteiger partial charge on any atom is -0.488 e. The van der Waals surface area contributed by atoms with Crippen molar-refractivity contribution in [3.63, 3.8) is 0 Å². The Bertz CT molecular complexity index is 409. The molecule has 0 aromatic carbocycles. The Labute approximate surface area is 109 Å². The number of aromatic nitrogens is 1. The molecule has 0 radical (unpaired) electrons. The average Bonchev–Trinajstić information content (AvgIpc) is 3.06. The zero-order valence-electron chi connectivity index (χ0n) is 11.1. The Morgan fingerprint density at radius 3 is 2.72 bits per heavy atom. The summed E-state index contributed by atoms with van der Waals surface area (Å²) in [4.78, 5) is 4.63. The van der Waals surface area contributed by atoms with E-state index in [0.29, 0.717) is 12.1 Å². The number of ether oxygens (including phenoxy) is 1. The first-order valence-electron chi connectivity index (χ1n) is 7.18. The van der Waals surface area contributed by atoms with Crippen LogP contribution in [0.1, 0.15) is 49.9 Å². The summed E-state index contributed by atoms with van der Waals surface area (Å²) in [6.45, 7) is 2.88. The van der Waals surface area contributed by atoms with Crippen LogP contribution < -0.4 is 10.1 Å². The zero-order valence-corrected chi connectivity index (χ0v) is 11.1. The molecule has 1 heterocycles. The molecule has 1 aromatic heterocycles. The summed E-state index contributed by atoms with van der Waals surface area (Å²) in [5.74, 6) is 0.987. The molecule has 3 heteroatoms. The second-order valence-corrected chi connectivity index (χ2v) is 5.58. The fraction of sp³-hybridized carbons (Fsp3) is 0.667. The molecule has 1 aromatic rings. The van der Waals surface area contributed by atoms with Crippen LogP contribution in [-0.4, -0.2) is 17.1 Å². The molecule has 0 spiro atoms. The van der Waals surface area contributed by atoms with Crippen LogP contribution in [-0.2, 0) is 6.54 Å². The van der Waals surface area contributed by atoms with E-state index in [-0.39, 0.29) is 0 Å². The third-order valence-corrected chi connectivity index (χ3v) is 3.80. The van der Waals surface area contributed by atoms with Gasteiger partial charge in [0.15, 0.2) is 0 Å². The number of rotatable bonds is 5. The second kappa shape index (κ2) is 5.27. The standard InChI is InChI=1S/C15H22N2O/c1-11-6-9-15(18-13-4-2-3-5-13)14(17-11)10-16-12-7-8-12/h6,9,12-13,16H,2-5,7-8,10H2,1H3. The Morgan fingerprint density at radius 2 is 2.00 bits per heavy atom. The van der Waals surface area contributed by atoms with Crippen molar-refractivity contribution in [3.8, 4) is 5.75 Å². The van der Waals surface area contributed by atoms with E-state index in [0.717, 1.165) is 23.7 Å². The highest BCUT2D eigenvalue weighted by molar-refractivity contribution is 5.29. The van der Waals surface area contributed by atoms with Crippen LogP contribution in [0.5, 0.6) is 5.75 Å². The van der Waals surface area contributed by atoms with E-state index in [2.05, 4.69) is 16.4 Å². The highest BCUT2D eigenvalue weighted by atomic mass is 16.5. The summed E-state index contributed by atoms with van der Waals surface area (Å²) in [5, 5.41) is 3.52. The van der Waals surface area contributed by atoms with E-state index in [1.54, 1.807) is 0 Å². The van der Waals surface area contributed by atoms with Crippen molar-refractivity contribution in [1.29, 1.82) is 0 Å². The molecule has 18 heavy (non-hydrogen) atoms. The molecular formula is C15H22N2O. The predicted octanol–water partition coefficient (Wildman–Crippen LogP) is 2.96. The Kier molecular flexibility index (Phi) is 3.50. The largest absolute Gasteiger partial charge is 0.488 e. The van der Waals surface area contributed by atoms with Gasteiger partial charge in [0.25, 0.3) is 0 Å². The lowest BCUT2D eigenvalue weighted by Gasteiger charge is -2.16. The van der Waals surface area contributed by atoms with Crippen LogP contribution in [0.3, 0.4) is 0 Å². The van der Waals surface area contributed by atoms with Gasteiger partial charge in [0, 0.05) is 18.3 Å². The van der Waals surface area contributed by atoms with Gasteiger partial charge in [0.2, 0.25) is 0 Å². The zero-order chi connectivity index (χ0) is 12.4. The third kappa shape index (κ3) is 3.02. The van der Waals surface area contributed by atoms with Gasteiger partial charge in [-0.15, -0.1) is 0 Å². The lowest BCUT2D eigenvalue weighted by atomic mass is 10.2. The summed E-state index contributed by atoms with van der Waals surface area (Å²) >= 11 is 0. The van der Waals surface area contributed by atoms with Crippen LogP contribution in [0.25, 0.3) is 0 Å². The van der Waals surface area contributed by atoms with Crippen molar-refractivity contribution in [3.05, 3.63) is 23.5 Å². The molecule has 2 aliphatic rings. The van der Waals surface area contributed by atoms with Crippen LogP contribution in [0.4, 0.5) is 0 Å². The van der Waals surface area contributed by atoms with Crippen molar-refractivity contribution < 1.29 is 4.74 Å². The lowest BCUT2D eigenvalue weighted by Crippen LogP contribution is -2.19. The van der Waals surface area contributed by atoms with Crippen LogP contribution in [0.2, 0.25) is 0 Å². The highest BCUT2D eigenvalue weighted by Crippen LogP contribution is 2.27. The van der Waals surface area contributed by atoms with Gasteiger partial charge in [-0.25, -0.2) is 0 Å². The maximum atomic E-state index is 6.11. The molecular weight excluding hydrogens is 224 g/mol. The number of nitrogens with one attached hydrogen (secondary N) is 1. The first kappa shape index (κ1) is 12.0. The molecule has 3 rings (SSSR count). The van der Waals surface area contributed by atoms with Crippen LogP contribution in [0, 0.1) is 6.92 Å². The average molecular weight is 246 g/mol. The van der Waals surface area contributed by atoms with Crippen LogP contribution in [0.15, 0.2) is 12.1 Å². The normalized spacial score (nSPS) is 20.3. The molecule has 0 aliphatic heterocycles. The predicted molar refractivity (Wildman–Crippen MR) is 71.7 cm³/mol. The summed E-state index contributed by atoms with van der Waals surface area (Å²) in [6.07, 6.45) is 8.04. The SMILES string of the molecule is Cc1ccc(OC2CCCC2)c(CNC2CC2)n1. The molecule has 0 atom stereocenters. The molecule has 0 bridgehead atoms. The minimum atomic E-state index is 0.411. The quantitative estimate of drug-likeness (QED) is 0.867. The van der Waals surface area contributed by atoms with E-state index >= 15 is 0 Å². The van der Waals surface area contributed by atoms with E-state index in [9.17, 15) is 0 Å². The van der Waals surface area contributed by atoms with Gasteiger partial charge in [-0.2, -0.15) is 0 Å². The van der Waals surface area contributed by atoms with Crippen molar-refractivity contribution >= 4 is 0 Å². The molecule has 2 aliphatic carbocycles. The summed E-state index contributed by atoms with van der Waals surface area (Å²) in [7, 11) is 0. The van der Waals surface area contributed by atoms with E-state index < -0.39 is 0 Å². The maximum Gasteiger partial charge on any atom is 0.142 e. The summed E-state index contributed by atoms with van der Waals surface area (Å²) in [6, 6.07) is 4.85. The molecule has 98 valence electrons. The van der Waals surface area contributed by atoms with Crippen molar-refractivity contribution in [2.24, 2.45) is 0 Å². The summed E-state index contributed by atoms with van der Waals surface area (Å²) in [5.41, 5.74) is 2.15. The number of hydrogen-bond acceptors (Lipinski definition) is 3. The fourth-order valence-corrected chi connectivity index (χ4v) is 2.55. The second-order valence-electron chi connectivity index (χ2n) is 5.58. The third-order valence-electron chi connectivity index (χ3n) is 3.80. The molecule has 0 saturated heterocycles. The lowest BCUT2D eigenvalue weighted by molar-refractivity contribution is 0.206. The van der Waals surface area contributed by atoms with Gasteiger partial charge in [-0.3, -0.25) is 4.98 Å². The number of nitrogens with zero attached hydrogens (tertiary/aromatic N) is 1. The molecule has 3 nitrogen and oxygen atoms in total. The Morgan fingerprint density at radius 1 is 1.22 bits per heavy atom. The monoisotopic (exact) mass is 246 g/mol. The van der Waals surface area contributed by atoms with Crippen LogP contribution >= 0.6 is 0 Å².